The SMILES string of the molecule is CCNC(=O)COc1ccc([C@@H](O)CC)cc1. The number of rotatable bonds is 6. The first-order chi connectivity index (χ1) is 8.17. The zero-order chi connectivity index (χ0) is 12.7. The summed E-state index contributed by atoms with van der Waals surface area (Å²) in [6, 6.07) is 7.13. The topological polar surface area (TPSA) is 58.6 Å². The standard InChI is InChI=1S/C13H19NO3/c1-3-12(15)10-5-7-11(8-6-10)17-9-13(16)14-4-2/h5-8,12,15H,3-4,9H2,1-2H3,(H,14,16)/t12-/m0/s1. The average Bonchev–Trinajstić information content (AvgIpc) is 2.36. The van der Waals surface area contributed by atoms with Crippen LogP contribution in [0.1, 0.15) is 31.9 Å². The molecular formula is C13H19NO3. The van der Waals surface area contributed by atoms with Gasteiger partial charge in [0.15, 0.2) is 6.61 Å². The minimum absolute atomic E-state index is 0.0174. The second-order valence-corrected chi connectivity index (χ2v) is 3.74. The Kier molecular flexibility index (Phi) is 5.49. The van der Waals surface area contributed by atoms with E-state index in [9.17, 15) is 9.90 Å². The molecule has 0 radical (unpaired) electrons. The van der Waals surface area contributed by atoms with E-state index < -0.39 is 6.10 Å². The first kappa shape index (κ1) is 13.5. The van der Waals surface area contributed by atoms with Gasteiger partial charge < -0.3 is 15.2 Å². The molecule has 0 aliphatic rings. The number of nitrogens with one attached hydrogen (secondary N) is 1. The molecule has 2 N–H and O–H groups in total. The van der Waals surface area contributed by atoms with Crippen LogP contribution in [0.4, 0.5) is 0 Å². The zero-order valence-corrected chi connectivity index (χ0v) is 10.3. The van der Waals surface area contributed by atoms with Gasteiger partial charge >= 0.3 is 0 Å². The summed E-state index contributed by atoms with van der Waals surface area (Å²) in [4.78, 5) is 11.2. The van der Waals surface area contributed by atoms with E-state index in [-0.39, 0.29) is 12.5 Å². The third-order valence-corrected chi connectivity index (χ3v) is 2.40. The molecule has 94 valence electrons. The molecule has 1 rings (SSSR count). The molecule has 0 aromatic heterocycles. The molecule has 0 spiro atoms. The van der Waals surface area contributed by atoms with Crippen LogP contribution in [0.5, 0.6) is 5.75 Å². The minimum Gasteiger partial charge on any atom is -0.484 e. The van der Waals surface area contributed by atoms with Crippen molar-refractivity contribution in [1.29, 1.82) is 0 Å². The number of hydrogen-bond donors (Lipinski definition) is 2. The van der Waals surface area contributed by atoms with Gasteiger partial charge in [0, 0.05) is 6.54 Å². The van der Waals surface area contributed by atoms with Gasteiger partial charge in [0.05, 0.1) is 6.10 Å². The van der Waals surface area contributed by atoms with Crippen LogP contribution in [0, 0.1) is 0 Å². The predicted octanol–water partition coefficient (Wildman–Crippen LogP) is 1.64. The molecule has 1 aromatic rings. The van der Waals surface area contributed by atoms with Crippen LogP contribution in [0.2, 0.25) is 0 Å². The van der Waals surface area contributed by atoms with Crippen LogP contribution < -0.4 is 10.1 Å². The predicted molar refractivity (Wildman–Crippen MR) is 65.9 cm³/mol. The number of likely N-dealkylation sites (N-methyl/N-ethyl adjacent to an activating group) is 1. The summed E-state index contributed by atoms with van der Waals surface area (Å²) < 4.78 is 5.30. The molecule has 4 heteroatoms. The highest BCUT2D eigenvalue weighted by Gasteiger charge is 2.05. The number of aliphatic hydroxyl groups excluding tert-OH is 1. The molecule has 1 amide bonds. The largest absolute Gasteiger partial charge is 0.484 e. The van der Waals surface area contributed by atoms with E-state index in [1.807, 2.05) is 13.8 Å². The van der Waals surface area contributed by atoms with Crippen molar-refractivity contribution in [1.82, 2.24) is 5.32 Å². The maximum Gasteiger partial charge on any atom is 0.257 e. The summed E-state index contributed by atoms with van der Waals surface area (Å²) in [5, 5.41) is 12.3. The number of hydrogen-bond acceptors (Lipinski definition) is 3. The van der Waals surface area contributed by atoms with E-state index in [4.69, 9.17) is 4.74 Å². The van der Waals surface area contributed by atoms with Crippen molar-refractivity contribution < 1.29 is 14.6 Å². The highest BCUT2D eigenvalue weighted by Crippen LogP contribution is 2.19. The molecule has 0 heterocycles. The molecule has 1 atom stereocenters. The minimum atomic E-state index is -0.438. The van der Waals surface area contributed by atoms with Gasteiger partial charge in [0.2, 0.25) is 0 Å². The Morgan fingerprint density at radius 1 is 1.35 bits per heavy atom. The van der Waals surface area contributed by atoms with Gasteiger partial charge in [-0.25, -0.2) is 0 Å². The summed E-state index contributed by atoms with van der Waals surface area (Å²) in [7, 11) is 0. The quantitative estimate of drug-likeness (QED) is 0.791. The molecule has 0 unspecified atom stereocenters. The Bertz CT molecular complexity index is 348. The molecule has 17 heavy (non-hydrogen) atoms. The molecule has 0 bridgehead atoms. The second-order valence-electron chi connectivity index (χ2n) is 3.74. The van der Waals surface area contributed by atoms with E-state index in [2.05, 4.69) is 5.32 Å². The maximum atomic E-state index is 11.2. The van der Waals surface area contributed by atoms with Gasteiger partial charge in [-0.15, -0.1) is 0 Å². The third-order valence-electron chi connectivity index (χ3n) is 2.40. The first-order valence-electron chi connectivity index (χ1n) is 5.84. The fourth-order valence-corrected chi connectivity index (χ4v) is 1.42. The lowest BCUT2D eigenvalue weighted by Gasteiger charge is -2.10. The summed E-state index contributed by atoms with van der Waals surface area (Å²) in [5.74, 6) is 0.494. The first-order valence-corrected chi connectivity index (χ1v) is 5.84. The van der Waals surface area contributed by atoms with Gasteiger partial charge in [-0.3, -0.25) is 4.79 Å². The number of benzene rings is 1. The van der Waals surface area contributed by atoms with E-state index in [1.54, 1.807) is 24.3 Å². The van der Waals surface area contributed by atoms with Crippen LogP contribution >= 0.6 is 0 Å². The molecular weight excluding hydrogens is 218 g/mol. The van der Waals surface area contributed by atoms with Gasteiger partial charge in [-0.1, -0.05) is 19.1 Å². The van der Waals surface area contributed by atoms with Gasteiger partial charge in [0.25, 0.3) is 5.91 Å². The van der Waals surface area contributed by atoms with Crippen molar-refractivity contribution >= 4 is 5.91 Å². The van der Waals surface area contributed by atoms with Crippen LogP contribution in [0.15, 0.2) is 24.3 Å². The fraction of sp³-hybridized carbons (Fsp3) is 0.462. The van der Waals surface area contributed by atoms with E-state index >= 15 is 0 Å². The summed E-state index contributed by atoms with van der Waals surface area (Å²) in [6.45, 7) is 4.40. The Hall–Kier alpha value is -1.55. The number of ether oxygens (including phenoxy) is 1. The number of aliphatic hydroxyl groups is 1. The number of amides is 1. The van der Waals surface area contributed by atoms with E-state index in [1.165, 1.54) is 0 Å². The van der Waals surface area contributed by atoms with Crippen LogP contribution in [0.25, 0.3) is 0 Å². The van der Waals surface area contributed by atoms with Gasteiger partial charge in [-0.2, -0.15) is 0 Å². The van der Waals surface area contributed by atoms with Crippen molar-refractivity contribution in [3.8, 4) is 5.75 Å². The normalized spacial score (nSPS) is 11.9. The summed E-state index contributed by atoms with van der Waals surface area (Å²) >= 11 is 0. The number of carbonyl (C=O) groups excluding carboxylic acids is 1. The fourth-order valence-electron chi connectivity index (χ4n) is 1.42. The molecule has 0 saturated carbocycles. The van der Waals surface area contributed by atoms with Gasteiger partial charge in [-0.05, 0) is 31.0 Å². The average molecular weight is 237 g/mol. The molecule has 0 saturated heterocycles. The van der Waals surface area contributed by atoms with Crippen molar-refractivity contribution in [2.75, 3.05) is 13.2 Å². The highest BCUT2D eigenvalue weighted by molar-refractivity contribution is 5.77. The molecule has 1 aromatic carbocycles. The Morgan fingerprint density at radius 2 is 2.00 bits per heavy atom. The smallest absolute Gasteiger partial charge is 0.257 e. The van der Waals surface area contributed by atoms with Gasteiger partial charge in [0.1, 0.15) is 5.75 Å². The summed E-state index contributed by atoms with van der Waals surface area (Å²) in [5.41, 5.74) is 0.859. The molecule has 0 aliphatic heterocycles. The Balaban J connectivity index is 2.48. The molecule has 4 nitrogen and oxygen atoms in total. The van der Waals surface area contributed by atoms with Crippen molar-refractivity contribution in [3.63, 3.8) is 0 Å². The maximum absolute atomic E-state index is 11.2. The van der Waals surface area contributed by atoms with Crippen molar-refractivity contribution in [2.24, 2.45) is 0 Å². The monoisotopic (exact) mass is 237 g/mol. The Morgan fingerprint density at radius 3 is 2.53 bits per heavy atom. The highest BCUT2D eigenvalue weighted by atomic mass is 16.5. The molecule has 0 fully saturated rings. The zero-order valence-electron chi connectivity index (χ0n) is 10.3. The second kappa shape index (κ2) is 6.91. The lowest BCUT2D eigenvalue weighted by Crippen LogP contribution is -2.28. The van der Waals surface area contributed by atoms with E-state index in [0.717, 1.165) is 5.56 Å². The lowest BCUT2D eigenvalue weighted by molar-refractivity contribution is -0.122. The van der Waals surface area contributed by atoms with E-state index in [0.29, 0.717) is 18.7 Å². The van der Waals surface area contributed by atoms with Crippen LogP contribution in [0.3, 0.4) is 0 Å². The number of carbonyl (C=O) groups is 1. The van der Waals surface area contributed by atoms with Crippen LogP contribution in [-0.4, -0.2) is 24.2 Å². The summed E-state index contributed by atoms with van der Waals surface area (Å²) in [6.07, 6.45) is 0.242. The third kappa shape index (κ3) is 4.44. The van der Waals surface area contributed by atoms with Crippen molar-refractivity contribution in [2.45, 2.75) is 26.4 Å². The Labute approximate surface area is 102 Å². The van der Waals surface area contributed by atoms with Crippen LogP contribution in [-0.2, 0) is 4.79 Å². The van der Waals surface area contributed by atoms with Crippen molar-refractivity contribution in [3.05, 3.63) is 29.8 Å². The molecule has 0 aliphatic carbocycles. The lowest BCUT2D eigenvalue weighted by atomic mass is 10.1.